The summed E-state index contributed by atoms with van der Waals surface area (Å²) in [6, 6.07) is 46.5. The molecule has 11 rings (SSSR count). The SMILES string of the molecule is c1ccc2c(c1)ccc1c2c2ccccc2n1-c1nc(-c2ccc3c(c2)sc2ccccc23)nc(-c2ccc3oc4ncccc4c3c2)n1. The Morgan fingerprint density at radius 2 is 1.24 bits per heavy atom. The first-order chi connectivity index (χ1) is 24.3. The zero-order valence-corrected chi connectivity index (χ0v) is 26.6. The van der Waals surface area contributed by atoms with Crippen LogP contribution in [0.4, 0.5) is 0 Å². The van der Waals surface area contributed by atoms with E-state index in [1.165, 1.54) is 36.3 Å². The van der Waals surface area contributed by atoms with Crippen LogP contribution in [0.5, 0.6) is 0 Å². The predicted molar refractivity (Wildman–Crippen MR) is 201 cm³/mol. The molecule has 0 saturated heterocycles. The van der Waals surface area contributed by atoms with Gasteiger partial charge in [-0.2, -0.15) is 9.97 Å². The Labute approximate surface area is 282 Å². The summed E-state index contributed by atoms with van der Waals surface area (Å²) in [5, 5.41) is 9.16. The van der Waals surface area contributed by atoms with Crippen LogP contribution in [-0.4, -0.2) is 24.5 Å². The van der Waals surface area contributed by atoms with Crippen LogP contribution < -0.4 is 0 Å². The van der Waals surface area contributed by atoms with Crippen LogP contribution in [0.1, 0.15) is 0 Å². The van der Waals surface area contributed by atoms with Crippen molar-refractivity contribution in [3.05, 3.63) is 140 Å². The highest BCUT2D eigenvalue weighted by molar-refractivity contribution is 7.25. The molecule has 0 bridgehead atoms. The van der Waals surface area contributed by atoms with Gasteiger partial charge in [-0.3, -0.25) is 4.57 Å². The third-order valence-electron chi connectivity index (χ3n) is 9.53. The molecule has 0 spiro atoms. The van der Waals surface area contributed by atoms with Gasteiger partial charge in [0.15, 0.2) is 11.6 Å². The van der Waals surface area contributed by atoms with Crippen molar-refractivity contribution in [2.75, 3.05) is 0 Å². The second kappa shape index (κ2) is 10.0. The fourth-order valence-electron chi connectivity index (χ4n) is 7.29. The van der Waals surface area contributed by atoms with Crippen LogP contribution in [-0.2, 0) is 0 Å². The van der Waals surface area contributed by atoms with Crippen LogP contribution in [0.2, 0.25) is 0 Å². The van der Waals surface area contributed by atoms with E-state index in [1.54, 1.807) is 17.5 Å². The second-order valence-electron chi connectivity index (χ2n) is 12.3. The third kappa shape index (κ3) is 3.94. The highest BCUT2D eigenvalue weighted by atomic mass is 32.1. The smallest absolute Gasteiger partial charge is 0.238 e. The van der Waals surface area contributed by atoms with Gasteiger partial charge in [0.1, 0.15) is 5.58 Å². The number of pyridine rings is 1. The zero-order chi connectivity index (χ0) is 32.1. The minimum atomic E-state index is 0.566. The van der Waals surface area contributed by atoms with Crippen LogP contribution >= 0.6 is 11.3 Å². The first-order valence-electron chi connectivity index (χ1n) is 16.1. The zero-order valence-electron chi connectivity index (χ0n) is 25.8. The molecule has 0 aliphatic heterocycles. The minimum absolute atomic E-state index is 0.566. The van der Waals surface area contributed by atoms with Crippen molar-refractivity contribution >= 4 is 86.2 Å². The van der Waals surface area contributed by atoms with Gasteiger partial charge in [0.05, 0.1) is 11.0 Å². The molecule has 7 heteroatoms. The van der Waals surface area contributed by atoms with Crippen molar-refractivity contribution in [3.63, 3.8) is 0 Å². The highest BCUT2D eigenvalue weighted by Gasteiger charge is 2.20. The highest BCUT2D eigenvalue weighted by Crippen LogP contribution is 2.39. The van der Waals surface area contributed by atoms with Crippen molar-refractivity contribution < 1.29 is 4.42 Å². The number of thiophene rings is 1. The average molecular weight is 646 g/mol. The maximum absolute atomic E-state index is 6.05. The Morgan fingerprint density at radius 3 is 2.16 bits per heavy atom. The largest absolute Gasteiger partial charge is 0.438 e. The number of benzene rings is 6. The van der Waals surface area contributed by atoms with E-state index < -0.39 is 0 Å². The Bertz CT molecular complexity index is 3130. The summed E-state index contributed by atoms with van der Waals surface area (Å²) < 4.78 is 10.7. The van der Waals surface area contributed by atoms with Gasteiger partial charge in [-0.05, 0) is 65.4 Å². The number of furan rings is 1. The molecule has 6 nitrogen and oxygen atoms in total. The molecule has 5 heterocycles. The Morgan fingerprint density at radius 1 is 0.510 bits per heavy atom. The van der Waals surface area contributed by atoms with Crippen LogP contribution in [0.25, 0.3) is 104 Å². The lowest BCUT2D eigenvalue weighted by molar-refractivity contribution is 0.654. The molecule has 6 aromatic carbocycles. The molecule has 0 atom stereocenters. The lowest BCUT2D eigenvalue weighted by Crippen LogP contribution is -2.06. The van der Waals surface area contributed by atoms with E-state index in [1.807, 2.05) is 24.3 Å². The summed E-state index contributed by atoms with van der Waals surface area (Å²) in [7, 11) is 0. The molecule has 5 aromatic heterocycles. The van der Waals surface area contributed by atoms with Gasteiger partial charge in [-0.1, -0.05) is 78.9 Å². The molecule has 0 radical (unpaired) electrons. The first-order valence-corrected chi connectivity index (χ1v) is 17.0. The summed E-state index contributed by atoms with van der Waals surface area (Å²) in [5.41, 5.74) is 5.29. The minimum Gasteiger partial charge on any atom is -0.438 e. The van der Waals surface area contributed by atoms with Crippen molar-refractivity contribution in [1.29, 1.82) is 0 Å². The molecule has 11 aromatic rings. The summed E-state index contributed by atoms with van der Waals surface area (Å²) in [6.07, 6.45) is 1.75. The predicted octanol–water partition coefficient (Wildman–Crippen LogP) is 11.1. The topological polar surface area (TPSA) is 69.6 Å². The number of rotatable bonds is 3. The fourth-order valence-corrected chi connectivity index (χ4v) is 8.44. The summed E-state index contributed by atoms with van der Waals surface area (Å²) in [6.45, 7) is 0. The Hall–Kier alpha value is -6.44. The van der Waals surface area contributed by atoms with Crippen LogP contribution in [0, 0.1) is 0 Å². The Kier molecular flexibility index (Phi) is 5.45. The molecular formula is C42H23N5OS. The number of para-hydroxylation sites is 1. The average Bonchev–Trinajstić information content (AvgIpc) is 3.83. The fraction of sp³-hybridized carbons (Fsp3) is 0. The monoisotopic (exact) mass is 645 g/mol. The van der Waals surface area contributed by atoms with E-state index in [2.05, 4.69) is 119 Å². The normalized spacial score (nSPS) is 12.1. The van der Waals surface area contributed by atoms with Gasteiger partial charge in [0.25, 0.3) is 0 Å². The van der Waals surface area contributed by atoms with Gasteiger partial charge < -0.3 is 4.42 Å². The molecular weight excluding hydrogens is 623 g/mol. The van der Waals surface area contributed by atoms with E-state index in [0.717, 1.165) is 43.9 Å². The van der Waals surface area contributed by atoms with Gasteiger partial charge in [0.2, 0.25) is 11.7 Å². The molecule has 0 N–H and O–H groups in total. The molecule has 0 amide bonds. The molecule has 0 fully saturated rings. The number of nitrogens with zero attached hydrogens (tertiary/aromatic N) is 5. The summed E-state index contributed by atoms with van der Waals surface area (Å²) in [4.78, 5) is 20.0. The van der Waals surface area contributed by atoms with E-state index in [9.17, 15) is 0 Å². The molecule has 228 valence electrons. The van der Waals surface area contributed by atoms with E-state index in [4.69, 9.17) is 19.4 Å². The van der Waals surface area contributed by atoms with Crippen LogP contribution in [0.3, 0.4) is 0 Å². The summed E-state index contributed by atoms with van der Waals surface area (Å²) in [5.74, 6) is 1.77. The summed E-state index contributed by atoms with van der Waals surface area (Å²) >= 11 is 1.79. The Balaban J connectivity index is 1.21. The lowest BCUT2D eigenvalue weighted by atomic mass is 10.0. The molecule has 0 aliphatic carbocycles. The van der Waals surface area contributed by atoms with Gasteiger partial charge >= 0.3 is 0 Å². The van der Waals surface area contributed by atoms with Crippen molar-refractivity contribution in [3.8, 4) is 28.7 Å². The second-order valence-corrected chi connectivity index (χ2v) is 13.4. The van der Waals surface area contributed by atoms with Crippen molar-refractivity contribution in [2.45, 2.75) is 0 Å². The number of aromatic nitrogens is 5. The number of hydrogen-bond donors (Lipinski definition) is 0. The maximum atomic E-state index is 6.05. The maximum Gasteiger partial charge on any atom is 0.238 e. The van der Waals surface area contributed by atoms with E-state index in [0.29, 0.717) is 23.3 Å². The molecule has 0 aliphatic rings. The van der Waals surface area contributed by atoms with E-state index in [-0.39, 0.29) is 0 Å². The molecule has 0 saturated carbocycles. The third-order valence-corrected chi connectivity index (χ3v) is 10.7. The van der Waals surface area contributed by atoms with E-state index >= 15 is 0 Å². The number of fused-ring (bicyclic) bond motifs is 11. The van der Waals surface area contributed by atoms with Gasteiger partial charge in [0, 0.05) is 59.0 Å². The first kappa shape index (κ1) is 26.6. The molecule has 0 unspecified atom stereocenters. The van der Waals surface area contributed by atoms with Crippen LogP contribution in [0.15, 0.2) is 144 Å². The number of hydrogen-bond acceptors (Lipinski definition) is 6. The molecule has 49 heavy (non-hydrogen) atoms. The lowest BCUT2D eigenvalue weighted by Gasteiger charge is -2.11. The quantitative estimate of drug-likeness (QED) is 0.191. The van der Waals surface area contributed by atoms with Crippen molar-refractivity contribution in [2.24, 2.45) is 0 Å². The van der Waals surface area contributed by atoms with Gasteiger partial charge in [-0.15, -0.1) is 11.3 Å². The standard InChI is InChI=1S/C42H23N5OS/c1-2-9-27-24(8-1)16-19-34-38(27)31-11-3-5-13-33(31)47(34)42-45-39(25-17-20-35-32(22-25)30-12-7-21-43-41(30)48-35)44-40(46-42)26-15-18-29-28-10-4-6-14-36(28)49-37(29)23-26/h1-23H. The van der Waals surface area contributed by atoms with Gasteiger partial charge in [-0.25, -0.2) is 9.97 Å². The van der Waals surface area contributed by atoms with Crippen molar-refractivity contribution in [1.82, 2.24) is 24.5 Å².